The van der Waals surface area contributed by atoms with Gasteiger partial charge in [0.2, 0.25) is 5.13 Å². The van der Waals surface area contributed by atoms with Gasteiger partial charge in [-0.25, -0.2) is 4.98 Å². The largest absolute Gasteiger partial charge is 0.354 e. The monoisotopic (exact) mass is 245 g/mol. The molecule has 5 heteroatoms. The van der Waals surface area contributed by atoms with E-state index in [2.05, 4.69) is 21.6 Å². The van der Waals surface area contributed by atoms with E-state index >= 15 is 0 Å². The highest BCUT2D eigenvalue weighted by Crippen LogP contribution is 2.35. The van der Waals surface area contributed by atoms with E-state index in [9.17, 15) is 0 Å². The second kappa shape index (κ2) is 4.66. The lowest BCUT2D eigenvalue weighted by Crippen LogP contribution is -2.43. The van der Waals surface area contributed by atoms with Crippen LogP contribution in [0.2, 0.25) is 0 Å². The molecule has 0 unspecified atom stereocenters. The maximum atomic E-state index is 6.10. The van der Waals surface area contributed by atoms with Crippen LogP contribution in [0.4, 0.5) is 5.13 Å². The van der Waals surface area contributed by atoms with Crippen molar-refractivity contribution in [2.45, 2.75) is 38.1 Å². The molecular formula is C10H16ClN3S. The van der Waals surface area contributed by atoms with E-state index in [0.717, 1.165) is 23.9 Å². The van der Waals surface area contributed by atoms with Gasteiger partial charge in [0.25, 0.3) is 0 Å². The fraction of sp³-hybridized carbons (Fsp3) is 0.800. The number of aromatic nitrogens is 2. The van der Waals surface area contributed by atoms with E-state index in [0.29, 0.717) is 5.88 Å². The Balaban J connectivity index is 2.02. The topological polar surface area (TPSA) is 37.8 Å². The van der Waals surface area contributed by atoms with Crippen molar-refractivity contribution in [2.24, 2.45) is 5.92 Å². The molecule has 0 radical (unpaired) electrons. The Labute approximate surface area is 99.4 Å². The third kappa shape index (κ3) is 2.61. The van der Waals surface area contributed by atoms with Crippen LogP contribution in [0.3, 0.4) is 0 Å². The Kier molecular flexibility index (Phi) is 3.46. The molecule has 1 aromatic rings. The van der Waals surface area contributed by atoms with E-state index < -0.39 is 0 Å². The van der Waals surface area contributed by atoms with E-state index in [4.69, 9.17) is 11.6 Å². The van der Waals surface area contributed by atoms with Crippen molar-refractivity contribution in [1.82, 2.24) is 9.36 Å². The molecule has 0 bridgehead atoms. The summed E-state index contributed by atoms with van der Waals surface area (Å²) < 4.78 is 3.99. The Morgan fingerprint density at radius 3 is 2.87 bits per heavy atom. The molecule has 2 rings (SSSR count). The number of anilines is 1. The first-order valence-corrected chi connectivity index (χ1v) is 6.66. The first-order valence-electron chi connectivity index (χ1n) is 5.35. The minimum Gasteiger partial charge on any atom is -0.354 e. The Bertz CT molecular complexity index is 294. The molecule has 0 spiro atoms. The van der Waals surface area contributed by atoms with Crippen molar-refractivity contribution < 1.29 is 0 Å². The molecule has 0 aromatic carbocycles. The van der Waals surface area contributed by atoms with Crippen molar-refractivity contribution in [1.29, 1.82) is 0 Å². The number of hydrogen-bond donors (Lipinski definition) is 1. The first kappa shape index (κ1) is 11.1. The smallest absolute Gasteiger partial charge is 0.202 e. The molecule has 0 aliphatic heterocycles. The summed E-state index contributed by atoms with van der Waals surface area (Å²) in [6.07, 6.45) is 6.35. The number of rotatable bonds is 3. The van der Waals surface area contributed by atoms with Crippen LogP contribution in [-0.2, 0) is 0 Å². The van der Waals surface area contributed by atoms with E-state index in [1.54, 1.807) is 6.33 Å². The van der Waals surface area contributed by atoms with Gasteiger partial charge >= 0.3 is 0 Å². The number of nitrogens with one attached hydrogen (secondary N) is 1. The highest BCUT2D eigenvalue weighted by Gasteiger charge is 2.33. The molecular weight excluding hydrogens is 230 g/mol. The number of alkyl halides is 1. The second-order valence-electron chi connectivity index (χ2n) is 4.47. The van der Waals surface area contributed by atoms with E-state index in [1.807, 2.05) is 0 Å². The van der Waals surface area contributed by atoms with Crippen molar-refractivity contribution in [3.8, 4) is 0 Å². The molecule has 1 aromatic heterocycles. The van der Waals surface area contributed by atoms with Gasteiger partial charge in [-0.2, -0.15) is 4.37 Å². The predicted molar refractivity (Wildman–Crippen MR) is 64.6 cm³/mol. The molecule has 15 heavy (non-hydrogen) atoms. The van der Waals surface area contributed by atoms with Crippen molar-refractivity contribution in [2.75, 3.05) is 11.2 Å². The summed E-state index contributed by atoms with van der Waals surface area (Å²) in [6.45, 7) is 2.31. The summed E-state index contributed by atoms with van der Waals surface area (Å²) >= 11 is 7.50. The molecule has 1 heterocycles. The van der Waals surface area contributed by atoms with Crippen molar-refractivity contribution in [3.05, 3.63) is 6.33 Å². The summed E-state index contributed by atoms with van der Waals surface area (Å²) in [7, 11) is 0. The quantitative estimate of drug-likeness (QED) is 0.832. The Morgan fingerprint density at radius 2 is 2.33 bits per heavy atom. The zero-order valence-electron chi connectivity index (χ0n) is 8.87. The average molecular weight is 246 g/mol. The van der Waals surface area contributed by atoms with Crippen molar-refractivity contribution in [3.63, 3.8) is 0 Å². The van der Waals surface area contributed by atoms with Gasteiger partial charge in [0, 0.05) is 17.4 Å². The van der Waals surface area contributed by atoms with Crippen LogP contribution in [0, 0.1) is 5.92 Å². The number of halogens is 1. The maximum absolute atomic E-state index is 6.10. The SMILES string of the molecule is CC1CCC(CCl)(Nc2ncns2)CC1. The summed E-state index contributed by atoms with van der Waals surface area (Å²) in [6, 6.07) is 0. The molecule has 1 saturated carbocycles. The highest BCUT2D eigenvalue weighted by molar-refractivity contribution is 7.09. The van der Waals surface area contributed by atoms with Crippen LogP contribution in [0.25, 0.3) is 0 Å². The molecule has 3 nitrogen and oxygen atoms in total. The summed E-state index contributed by atoms with van der Waals surface area (Å²) in [5.41, 5.74) is 0.0492. The average Bonchev–Trinajstić information content (AvgIpc) is 2.75. The minimum absolute atomic E-state index is 0.0492. The van der Waals surface area contributed by atoms with Crippen LogP contribution in [0.5, 0.6) is 0 Å². The summed E-state index contributed by atoms with van der Waals surface area (Å²) in [5, 5.41) is 4.35. The van der Waals surface area contributed by atoms with Gasteiger partial charge in [0.1, 0.15) is 6.33 Å². The fourth-order valence-corrected chi connectivity index (χ4v) is 2.95. The molecule has 1 fully saturated rings. The van der Waals surface area contributed by atoms with Gasteiger partial charge in [0.05, 0.1) is 5.54 Å². The lowest BCUT2D eigenvalue weighted by atomic mass is 9.78. The van der Waals surface area contributed by atoms with Gasteiger partial charge in [-0.1, -0.05) is 6.92 Å². The lowest BCUT2D eigenvalue weighted by Gasteiger charge is -2.38. The Hall–Kier alpha value is -0.350. The van der Waals surface area contributed by atoms with Gasteiger partial charge < -0.3 is 5.32 Å². The van der Waals surface area contributed by atoms with Gasteiger partial charge in [0.15, 0.2) is 0 Å². The maximum Gasteiger partial charge on any atom is 0.202 e. The van der Waals surface area contributed by atoms with Crippen LogP contribution in [0.15, 0.2) is 6.33 Å². The summed E-state index contributed by atoms with van der Waals surface area (Å²) in [5.74, 6) is 1.48. The lowest BCUT2D eigenvalue weighted by molar-refractivity contribution is 0.287. The van der Waals surface area contributed by atoms with Crippen LogP contribution < -0.4 is 5.32 Å². The third-order valence-electron chi connectivity index (χ3n) is 3.22. The van der Waals surface area contributed by atoms with E-state index in [-0.39, 0.29) is 5.54 Å². The van der Waals surface area contributed by atoms with Crippen LogP contribution >= 0.6 is 23.1 Å². The van der Waals surface area contributed by atoms with Gasteiger partial charge in [-0.15, -0.1) is 11.6 Å². The fourth-order valence-electron chi connectivity index (χ4n) is 2.06. The molecule has 1 aliphatic rings. The molecule has 1 aliphatic carbocycles. The van der Waals surface area contributed by atoms with E-state index in [1.165, 1.54) is 24.4 Å². The van der Waals surface area contributed by atoms with Crippen LogP contribution in [0.1, 0.15) is 32.6 Å². The highest BCUT2D eigenvalue weighted by atomic mass is 35.5. The number of nitrogens with zero attached hydrogens (tertiary/aromatic N) is 2. The van der Waals surface area contributed by atoms with Crippen molar-refractivity contribution >= 4 is 28.3 Å². The Morgan fingerprint density at radius 1 is 1.60 bits per heavy atom. The third-order valence-corrected chi connectivity index (χ3v) is 4.31. The second-order valence-corrected chi connectivity index (χ2v) is 5.52. The molecule has 0 atom stereocenters. The molecule has 0 amide bonds. The van der Waals surface area contributed by atoms with Crippen LogP contribution in [-0.4, -0.2) is 20.8 Å². The summed E-state index contributed by atoms with van der Waals surface area (Å²) in [4.78, 5) is 4.16. The minimum atomic E-state index is 0.0492. The normalized spacial score (nSPS) is 31.5. The predicted octanol–water partition coefficient (Wildman–Crippen LogP) is 3.14. The molecule has 1 N–H and O–H groups in total. The first-order chi connectivity index (χ1) is 7.24. The molecule has 84 valence electrons. The zero-order chi connectivity index (χ0) is 10.7. The number of hydrogen-bond acceptors (Lipinski definition) is 4. The standard InChI is InChI=1S/C10H16ClN3S/c1-8-2-4-10(6-11,5-3-8)14-9-12-7-13-15-9/h7-8H,2-6H2,1H3,(H,12,13,14). The van der Waals surface area contributed by atoms with Gasteiger partial charge in [-0.3, -0.25) is 0 Å². The molecule has 0 saturated heterocycles. The van der Waals surface area contributed by atoms with Gasteiger partial charge in [-0.05, 0) is 31.6 Å². The zero-order valence-corrected chi connectivity index (χ0v) is 10.4.